The average molecular weight is 155 g/mol. The number of thiophene rings is 1. The summed E-state index contributed by atoms with van der Waals surface area (Å²) in [5.74, 6) is -0.324. The Bertz CT molecular complexity index is 265. The van der Waals surface area contributed by atoms with E-state index in [1.54, 1.807) is 0 Å². The van der Waals surface area contributed by atoms with E-state index in [0.717, 1.165) is 11.1 Å². The molecule has 0 aliphatic carbocycles. The number of amides is 1. The molecule has 0 aliphatic rings. The second-order valence-corrected chi connectivity index (χ2v) is 3.12. The van der Waals surface area contributed by atoms with Crippen molar-refractivity contribution >= 4 is 17.2 Å². The molecule has 0 spiro atoms. The van der Waals surface area contributed by atoms with Gasteiger partial charge in [-0.3, -0.25) is 4.79 Å². The van der Waals surface area contributed by atoms with Gasteiger partial charge in [-0.05, 0) is 30.4 Å². The molecule has 0 aromatic carbocycles. The Kier molecular flexibility index (Phi) is 1.76. The normalized spacial score (nSPS) is 9.80. The van der Waals surface area contributed by atoms with Crippen LogP contribution in [-0.2, 0) is 0 Å². The van der Waals surface area contributed by atoms with E-state index in [0.29, 0.717) is 4.88 Å². The van der Waals surface area contributed by atoms with Crippen LogP contribution >= 0.6 is 11.3 Å². The third kappa shape index (κ3) is 1.04. The number of carbonyl (C=O) groups is 1. The summed E-state index contributed by atoms with van der Waals surface area (Å²) in [4.78, 5) is 11.3. The summed E-state index contributed by atoms with van der Waals surface area (Å²) in [5.41, 5.74) is 7.25. The molecule has 0 bridgehead atoms. The maximum absolute atomic E-state index is 10.7. The molecule has 0 fully saturated rings. The van der Waals surface area contributed by atoms with Crippen LogP contribution in [0.2, 0.25) is 0 Å². The Labute approximate surface area is 63.7 Å². The standard InChI is InChI=1S/C7H9NOS/c1-4-3-10-6(5(4)2)7(8)9/h3H,1-2H3,(H2,8,9). The van der Waals surface area contributed by atoms with Crippen molar-refractivity contribution in [3.8, 4) is 0 Å². The van der Waals surface area contributed by atoms with Crippen LogP contribution in [0.3, 0.4) is 0 Å². The molecule has 10 heavy (non-hydrogen) atoms. The minimum Gasteiger partial charge on any atom is -0.365 e. The van der Waals surface area contributed by atoms with E-state index in [1.165, 1.54) is 11.3 Å². The smallest absolute Gasteiger partial charge is 0.259 e. The van der Waals surface area contributed by atoms with Crippen LogP contribution in [0.5, 0.6) is 0 Å². The largest absolute Gasteiger partial charge is 0.365 e. The highest BCUT2D eigenvalue weighted by atomic mass is 32.1. The third-order valence-electron chi connectivity index (χ3n) is 1.51. The molecule has 3 heteroatoms. The molecular formula is C7H9NOS. The molecule has 0 atom stereocenters. The molecule has 1 rings (SSSR count). The van der Waals surface area contributed by atoms with Gasteiger partial charge in [0.15, 0.2) is 0 Å². The molecule has 1 amide bonds. The summed E-state index contributed by atoms with van der Waals surface area (Å²) < 4.78 is 0. The topological polar surface area (TPSA) is 43.1 Å². The van der Waals surface area contributed by atoms with E-state index in [4.69, 9.17) is 5.73 Å². The van der Waals surface area contributed by atoms with Crippen molar-refractivity contribution in [2.24, 2.45) is 5.73 Å². The molecule has 2 N–H and O–H groups in total. The highest BCUT2D eigenvalue weighted by Crippen LogP contribution is 2.19. The zero-order chi connectivity index (χ0) is 7.72. The van der Waals surface area contributed by atoms with Gasteiger partial charge in [0.25, 0.3) is 5.91 Å². The van der Waals surface area contributed by atoms with E-state index >= 15 is 0 Å². The molecule has 1 aromatic heterocycles. The first-order chi connectivity index (χ1) is 4.63. The summed E-state index contributed by atoms with van der Waals surface area (Å²) in [6.07, 6.45) is 0. The predicted octanol–water partition coefficient (Wildman–Crippen LogP) is 1.46. The summed E-state index contributed by atoms with van der Waals surface area (Å²) in [7, 11) is 0. The van der Waals surface area contributed by atoms with Crippen LogP contribution in [0.1, 0.15) is 20.8 Å². The van der Waals surface area contributed by atoms with Gasteiger partial charge in [-0.1, -0.05) is 0 Å². The number of aryl methyl sites for hydroxylation is 1. The quantitative estimate of drug-likeness (QED) is 0.655. The van der Waals surface area contributed by atoms with Crippen molar-refractivity contribution in [2.75, 3.05) is 0 Å². The number of primary amides is 1. The van der Waals surface area contributed by atoms with Crippen molar-refractivity contribution in [1.29, 1.82) is 0 Å². The average Bonchev–Trinajstić information content (AvgIpc) is 2.14. The van der Waals surface area contributed by atoms with Crippen molar-refractivity contribution < 1.29 is 4.79 Å². The minimum atomic E-state index is -0.324. The highest BCUT2D eigenvalue weighted by Gasteiger charge is 2.07. The zero-order valence-corrected chi connectivity index (χ0v) is 6.79. The van der Waals surface area contributed by atoms with E-state index < -0.39 is 0 Å². The van der Waals surface area contributed by atoms with Gasteiger partial charge < -0.3 is 5.73 Å². The van der Waals surface area contributed by atoms with Crippen LogP contribution in [-0.4, -0.2) is 5.91 Å². The Morgan fingerprint density at radius 3 is 2.40 bits per heavy atom. The van der Waals surface area contributed by atoms with Crippen LogP contribution in [0.15, 0.2) is 5.38 Å². The Hall–Kier alpha value is -0.830. The lowest BCUT2D eigenvalue weighted by Crippen LogP contribution is -2.09. The van der Waals surface area contributed by atoms with E-state index in [9.17, 15) is 4.79 Å². The van der Waals surface area contributed by atoms with E-state index in [1.807, 2.05) is 19.2 Å². The van der Waals surface area contributed by atoms with Crippen LogP contribution in [0.4, 0.5) is 0 Å². The van der Waals surface area contributed by atoms with Crippen LogP contribution < -0.4 is 5.73 Å². The van der Waals surface area contributed by atoms with Crippen LogP contribution in [0, 0.1) is 13.8 Å². The summed E-state index contributed by atoms with van der Waals surface area (Å²) in [5, 5.41) is 1.94. The Balaban J connectivity index is 3.17. The molecule has 1 heterocycles. The summed E-state index contributed by atoms with van der Waals surface area (Å²) in [6.45, 7) is 3.88. The number of hydrogen-bond acceptors (Lipinski definition) is 2. The molecule has 0 unspecified atom stereocenters. The fourth-order valence-electron chi connectivity index (χ4n) is 0.746. The number of nitrogens with two attached hydrogens (primary N) is 1. The molecule has 54 valence electrons. The monoisotopic (exact) mass is 155 g/mol. The second-order valence-electron chi connectivity index (χ2n) is 2.24. The SMILES string of the molecule is Cc1csc(C(N)=O)c1C. The van der Waals surface area contributed by atoms with Gasteiger partial charge in [-0.15, -0.1) is 11.3 Å². The van der Waals surface area contributed by atoms with Gasteiger partial charge in [0, 0.05) is 0 Å². The van der Waals surface area contributed by atoms with Crippen molar-refractivity contribution in [2.45, 2.75) is 13.8 Å². The lowest BCUT2D eigenvalue weighted by atomic mass is 10.2. The summed E-state index contributed by atoms with van der Waals surface area (Å²) in [6, 6.07) is 0. The predicted molar refractivity (Wildman–Crippen MR) is 42.3 cm³/mol. The van der Waals surface area contributed by atoms with Gasteiger partial charge in [-0.25, -0.2) is 0 Å². The fraction of sp³-hybridized carbons (Fsp3) is 0.286. The molecular weight excluding hydrogens is 146 g/mol. The Morgan fingerprint density at radius 1 is 1.60 bits per heavy atom. The van der Waals surface area contributed by atoms with Gasteiger partial charge >= 0.3 is 0 Å². The van der Waals surface area contributed by atoms with E-state index in [-0.39, 0.29) is 5.91 Å². The molecule has 2 nitrogen and oxygen atoms in total. The lowest BCUT2D eigenvalue weighted by molar-refractivity contribution is 0.100. The van der Waals surface area contributed by atoms with Crippen molar-refractivity contribution in [3.63, 3.8) is 0 Å². The first-order valence-electron chi connectivity index (χ1n) is 2.97. The maximum Gasteiger partial charge on any atom is 0.259 e. The van der Waals surface area contributed by atoms with Gasteiger partial charge in [0.2, 0.25) is 0 Å². The number of hydrogen-bond donors (Lipinski definition) is 1. The molecule has 0 saturated heterocycles. The molecule has 0 aliphatic heterocycles. The molecule has 1 aromatic rings. The lowest BCUT2D eigenvalue weighted by Gasteiger charge is -1.91. The molecule has 0 radical (unpaired) electrons. The summed E-state index contributed by atoms with van der Waals surface area (Å²) >= 11 is 1.41. The molecule has 0 saturated carbocycles. The first kappa shape index (κ1) is 7.28. The number of rotatable bonds is 1. The van der Waals surface area contributed by atoms with Crippen molar-refractivity contribution in [3.05, 3.63) is 21.4 Å². The maximum atomic E-state index is 10.7. The van der Waals surface area contributed by atoms with Crippen molar-refractivity contribution in [1.82, 2.24) is 0 Å². The zero-order valence-electron chi connectivity index (χ0n) is 5.97. The highest BCUT2D eigenvalue weighted by molar-refractivity contribution is 7.12. The van der Waals surface area contributed by atoms with Gasteiger partial charge in [-0.2, -0.15) is 0 Å². The fourth-order valence-corrected chi connectivity index (χ4v) is 1.67. The third-order valence-corrected chi connectivity index (χ3v) is 2.72. The second kappa shape index (κ2) is 2.42. The Morgan fingerprint density at radius 2 is 2.20 bits per heavy atom. The van der Waals surface area contributed by atoms with Crippen LogP contribution in [0.25, 0.3) is 0 Å². The minimum absolute atomic E-state index is 0.324. The van der Waals surface area contributed by atoms with Gasteiger partial charge in [0.05, 0.1) is 4.88 Å². The van der Waals surface area contributed by atoms with Gasteiger partial charge in [0.1, 0.15) is 0 Å². The first-order valence-corrected chi connectivity index (χ1v) is 3.85. The van der Waals surface area contributed by atoms with E-state index in [2.05, 4.69) is 0 Å². The number of carbonyl (C=O) groups excluding carboxylic acids is 1.